The lowest BCUT2D eigenvalue weighted by atomic mass is 9.99. The van der Waals surface area contributed by atoms with Crippen LogP contribution in [-0.2, 0) is 0 Å². The van der Waals surface area contributed by atoms with Gasteiger partial charge in [0.05, 0.1) is 6.10 Å². The van der Waals surface area contributed by atoms with Gasteiger partial charge in [0.25, 0.3) is 0 Å². The minimum Gasteiger partial charge on any atom is -0.396 e. The summed E-state index contributed by atoms with van der Waals surface area (Å²) in [5.41, 5.74) is 0.890. The summed E-state index contributed by atoms with van der Waals surface area (Å²) in [5.74, 6) is 1.25. The average Bonchev–Trinajstić information content (AvgIpc) is 2.39. The van der Waals surface area contributed by atoms with Gasteiger partial charge in [-0.3, -0.25) is 0 Å². The van der Waals surface area contributed by atoms with Crippen molar-refractivity contribution < 1.29 is 10.2 Å². The highest BCUT2D eigenvalue weighted by atomic mass is 16.3. The van der Waals surface area contributed by atoms with E-state index in [-0.39, 0.29) is 6.61 Å². The van der Waals surface area contributed by atoms with Crippen LogP contribution in [0.2, 0.25) is 0 Å². The Balaban J connectivity index is 2.13. The van der Waals surface area contributed by atoms with Gasteiger partial charge in [-0.2, -0.15) is 0 Å². The second-order valence-electron chi connectivity index (χ2n) is 4.76. The lowest BCUT2D eigenvalue weighted by Crippen LogP contribution is -2.37. The van der Waals surface area contributed by atoms with E-state index in [0.29, 0.717) is 5.92 Å². The molecular formula is C13H20N2O2. The zero-order valence-electron chi connectivity index (χ0n) is 10.2. The van der Waals surface area contributed by atoms with Gasteiger partial charge in [0, 0.05) is 25.9 Å². The Kier molecular flexibility index (Phi) is 3.97. The van der Waals surface area contributed by atoms with Gasteiger partial charge in [-0.25, -0.2) is 4.98 Å². The molecule has 2 N–H and O–H groups in total. The SMILES string of the molecule is C[C@H](O)c1ccnc(N2CCCC(CO)C2)c1. The first-order valence-corrected chi connectivity index (χ1v) is 6.20. The van der Waals surface area contributed by atoms with E-state index in [1.165, 1.54) is 0 Å². The summed E-state index contributed by atoms with van der Waals surface area (Å²) >= 11 is 0. The molecule has 1 aromatic heterocycles. The van der Waals surface area contributed by atoms with Crippen molar-refractivity contribution in [2.45, 2.75) is 25.9 Å². The minimum atomic E-state index is -0.463. The number of rotatable bonds is 3. The predicted octanol–water partition coefficient (Wildman–Crippen LogP) is 1.34. The van der Waals surface area contributed by atoms with E-state index in [2.05, 4.69) is 9.88 Å². The molecule has 0 amide bonds. The summed E-state index contributed by atoms with van der Waals surface area (Å²) in [6.45, 7) is 3.83. The van der Waals surface area contributed by atoms with Crippen LogP contribution in [0, 0.1) is 5.92 Å². The van der Waals surface area contributed by atoms with Crippen LogP contribution in [-0.4, -0.2) is 34.9 Å². The molecule has 2 atom stereocenters. The average molecular weight is 236 g/mol. The van der Waals surface area contributed by atoms with E-state index in [1.54, 1.807) is 13.1 Å². The molecule has 1 saturated heterocycles. The third-order valence-corrected chi connectivity index (χ3v) is 3.35. The lowest BCUT2D eigenvalue weighted by Gasteiger charge is -2.33. The molecule has 94 valence electrons. The van der Waals surface area contributed by atoms with Crippen molar-refractivity contribution in [1.29, 1.82) is 0 Å². The maximum Gasteiger partial charge on any atom is 0.128 e. The number of piperidine rings is 1. The van der Waals surface area contributed by atoms with Crippen LogP contribution in [0.4, 0.5) is 5.82 Å². The number of hydrogen-bond donors (Lipinski definition) is 2. The van der Waals surface area contributed by atoms with Crippen molar-refractivity contribution in [1.82, 2.24) is 4.98 Å². The van der Waals surface area contributed by atoms with Crippen molar-refractivity contribution in [2.75, 3.05) is 24.6 Å². The first-order valence-electron chi connectivity index (χ1n) is 6.20. The number of aromatic nitrogens is 1. The Bertz CT molecular complexity index is 368. The molecule has 0 spiro atoms. The summed E-state index contributed by atoms with van der Waals surface area (Å²) < 4.78 is 0. The van der Waals surface area contributed by atoms with Crippen molar-refractivity contribution >= 4 is 5.82 Å². The maximum absolute atomic E-state index is 9.56. The van der Waals surface area contributed by atoms with Gasteiger partial charge in [-0.15, -0.1) is 0 Å². The second kappa shape index (κ2) is 5.47. The number of aliphatic hydroxyl groups is 2. The molecule has 1 aliphatic heterocycles. The second-order valence-corrected chi connectivity index (χ2v) is 4.76. The summed E-state index contributed by atoms with van der Waals surface area (Å²) in [4.78, 5) is 6.54. The van der Waals surface area contributed by atoms with Gasteiger partial charge in [0.15, 0.2) is 0 Å². The maximum atomic E-state index is 9.56. The van der Waals surface area contributed by atoms with Gasteiger partial charge in [0.1, 0.15) is 5.82 Å². The normalized spacial score (nSPS) is 22.5. The highest BCUT2D eigenvalue weighted by Gasteiger charge is 2.20. The summed E-state index contributed by atoms with van der Waals surface area (Å²) in [5, 5.41) is 18.8. The van der Waals surface area contributed by atoms with Crippen molar-refractivity contribution in [3.63, 3.8) is 0 Å². The van der Waals surface area contributed by atoms with Gasteiger partial charge in [0.2, 0.25) is 0 Å². The Morgan fingerprint density at radius 1 is 1.59 bits per heavy atom. The minimum absolute atomic E-state index is 0.243. The molecule has 2 heterocycles. The van der Waals surface area contributed by atoms with Crippen LogP contribution >= 0.6 is 0 Å². The largest absolute Gasteiger partial charge is 0.396 e. The van der Waals surface area contributed by atoms with Crippen LogP contribution in [0.1, 0.15) is 31.4 Å². The molecule has 4 nitrogen and oxygen atoms in total. The smallest absolute Gasteiger partial charge is 0.128 e. The van der Waals surface area contributed by atoms with Crippen molar-refractivity contribution in [3.8, 4) is 0 Å². The van der Waals surface area contributed by atoms with E-state index in [1.807, 2.05) is 12.1 Å². The molecule has 1 unspecified atom stereocenters. The van der Waals surface area contributed by atoms with E-state index in [4.69, 9.17) is 0 Å². The molecular weight excluding hydrogens is 216 g/mol. The lowest BCUT2D eigenvalue weighted by molar-refractivity contribution is 0.199. The molecule has 1 aromatic rings. The fourth-order valence-electron chi connectivity index (χ4n) is 2.29. The monoisotopic (exact) mass is 236 g/mol. The fraction of sp³-hybridized carbons (Fsp3) is 0.615. The van der Waals surface area contributed by atoms with Gasteiger partial charge < -0.3 is 15.1 Å². The quantitative estimate of drug-likeness (QED) is 0.831. The van der Waals surface area contributed by atoms with Gasteiger partial charge >= 0.3 is 0 Å². The van der Waals surface area contributed by atoms with Crippen molar-refractivity contribution in [3.05, 3.63) is 23.9 Å². The highest BCUT2D eigenvalue weighted by Crippen LogP contribution is 2.23. The van der Waals surface area contributed by atoms with Gasteiger partial charge in [-0.05, 0) is 43.4 Å². The topological polar surface area (TPSA) is 56.6 Å². The Morgan fingerprint density at radius 2 is 2.41 bits per heavy atom. The van der Waals surface area contributed by atoms with E-state index < -0.39 is 6.10 Å². The van der Waals surface area contributed by atoms with Gasteiger partial charge in [-0.1, -0.05) is 0 Å². The zero-order valence-corrected chi connectivity index (χ0v) is 10.2. The molecule has 1 aliphatic rings. The standard InChI is InChI=1S/C13H20N2O2/c1-10(17)12-4-5-14-13(7-12)15-6-2-3-11(8-15)9-16/h4-5,7,10-11,16-17H,2-3,6,8-9H2,1H3/t10-,11?/m0/s1. The van der Waals surface area contributed by atoms with E-state index >= 15 is 0 Å². The first-order chi connectivity index (χ1) is 8.20. The van der Waals surface area contributed by atoms with Crippen LogP contribution in [0.5, 0.6) is 0 Å². The molecule has 0 aliphatic carbocycles. The predicted molar refractivity (Wildman–Crippen MR) is 66.9 cm³/mol. The Morgan fingerprint density at radius 3 is 3.12 bits per heavy atom. The number of nitrogens with zero attached hydrogens (tertiary/aromatic N) is 2. The summed E-state index contributed by atoms with van der Waals surface area (Å²) in [6.07, 6.45) is 3.45. The van der Waals surface area contributed by atoms with Crippen molar-refractivity contribution in [2.24, 2.45) is 5.92 Å². The number of hydrogen-bond acceptors (Lipinski definition) is 4. The third kappa shape index (κ3) is 2.96. The van der Waals surface area contributed by atoms with Crippen LogP contribution in [0.25, 0.3) is 0 Å². The summed E-state index contributed by atoms with van der Waals surface area (Å²) in [7, 11) is 0. The molecule has 2 rings (SSSR count). The van der Waals surface area contributed by atoms with E-state index in [9.17, 15) is 10.2 Å². The zero-order chi connectivity index (χ0) is 12.3. The molecule has 0 saturated carbocycles. The van der Waals surface area contributed by atoms with Crippen LogP contribution in [0.3, 0.4) is 0 Å². The molecule has 0 radical (unpaired) electrons. The third-order valence-electron chi connectivity index (χ3n) is 3.35. The van der Waals surface area contributed by atoms with E-state index in [0.717, 1.165) is 37.3 Å². The molecule has 1 fully saturated rings. The fourth-order valence-corrected chi connectivity index (χ4v) is 2.29. The number of anilines is 1. The first kappa shape index (κ1) is 12.3. The molecule has 17 heavy (non-hydrogen) atoms. The van der Waals surface area contributed by atoms with Crippen LogP contribution < -0.4 is 4.90 Å². The molecule has 4 heteroatoms. The highest BCUT2D eigenvalue weighted by molar-refractivity contribution is 5.42. The number of aliphatic hydroxyl groups excluding tert-OH is 2. The summed E-state index contributed by atoms with van der Waals surface area (Å²) in [6, 6.07) is 3.77. The van der Waals surface area contributed by atoms with Crippen LogP contribution in [0.15, 0.2) is 18.3 Å². The molecule has 0 bridgehead atoms. The Hall–Kier alpha value is -1.13. The number of pyridine rings is 1. The Labute approximate surface area is 102 Å². The molecule has 0 aromatic carbocycles.